The normalized spacial score (nSPS) is 16.8. The number of nitrogens with zero attached hydrogens (tertiary/aromatic N) is 3. The lowest BCUT2D eigenvalue weighted by Crippen LogP contribution is -2.39. The van der Waals surface area contributed by atoms with Gasteiger partial charge in [-0.15, -0.1) is 0 Å². The number of aliphatic imine (C=N–C) groups is 2. The summed E-state index contributed by atoms with van der Waals surface area (Å²) in [6, 6.07) is 5.80. The predicted molar refractivity (Wildman–Crippen MR) is 78.5 cm³/mol. The van der Waals surface area contributed by atoms with Crippen molar-refractivity contribution in [1.82, 2.24) is 4.90 Å². The van der Waals surface area contributed by atoms with E-state index in [1.807, 2.05) is 25.1 Å². The Hall–Kier alpha value is -1.20. The highest BCUT2D eigenvalue weighted by molar-refractivity contribution is 9.10. The van der Waals surface area contributed by atoms with Gasteiger partial charge in [-0.05, 0) is 31.8 Å². The van der Waals surface area contributed by atoms with E-state index in [9.17, 15) is 0 Å². The highest BCUT2D eigenvalue weighted by atomic mass is 79.9. The fourth-order valence-corrected chi connectivity index (χ4v) is 2.20. The van der Waals surface area contributed by atoms with Gasteiger partial charge >= 0.3 is 0 Å². The highest BCUT2D eigenvalue weighted by Crippen LogP contribution is 2.31. The number of benzene rings is 1. The Labute approximate surface area is 116 Å². The van der Waals surface area contributed by atoms with Crippen molar-refractivity contribution in [3.63, 3.8) is 0 Å². The van der Waals surface area contributed by atoms with Crippen molar-refractivity contribution in [3.8, 4) is 0 Å². The molecule has 0 atom stereocenters. The van der Waals surface area contributed by atoms with Crippen LogP contribution < -0.4 is 0 Å². The second-order valence-electron chi connectivity index (χ2n) is 4.05. The van der Waals surface area contributed by atoms with Crippen molar-refractivity contribution in [2.45, 2.75) is 6.92 Å². The average Bonchev–Trinajstić information content (AvgIpc) is 2.40. The second-order valence-corrected chi connectivity index (χ2v) is 4.97. The van der Waals surface area contributed by atoms with E-state index < -0.39 is 0 Å². The topological polar surface area (TPSA) is 37.2 Å². The summed E-state index contributed by atoms with van der Waals surface area (Å²) in [6.45, 7) is 8.89. The molecule has 0 bridgehead atoms. The fourth-order valence-electron chi connectivity index (χ4n) is 1.85. The Balaban J connectivity index is 2.25. The van der Waals surface area contributed by atoms with E-state index in [2.05, 4.69) is 37.5 Å². The second kappa shape index (κ2) is 6.11. The molecule has 1 aromatic carbocycles. The van der Waals surface area contributed by atoms with Crippen molar-refractivity contribution in [2.75, 3.05) is 26.3 Å². The molecule has 1 heterocycles. The summed E-state index contributed by atoms with van der Waals surface area (Å²) >= 11 is 3.45. The number of halogens is 1. The first kappa shape index (κ1) is 13.2. The van der Waals surface area contributed by atoms with Gasteiger partial charge in [0.05, 0.1) is 24.6 Å². The van der Waals surface area contributed by atoms with Crippen LogP contribution in [0.3, 0.4) is 0 Å². The maximum atomic E-state index is 5.33. The predicted octanol–water partition coefficient (Wildman–Crippen LogP) is 3.16. The first-order valence-corrected chi connectivity index (χ1v) is 6.64. The molecule has 0 unspecified atom stereocenters. The largest absolute Gasteiger partial charge is 0.378 e. The summed E-state index contributed by atoms with van der Waals surface area (Å²) in [6.07, 6.45) is 0. The summed E-state index contributed by atoms with van der Waals surface area (Å²) < 4.78 is 6.32. The van der Waals surface area contributed by atoms with Crippen LogP contribution in [0.4, 0.5) is 11.4 Å². The molecular formula is C13H16BrN3O. The molecule has 1 saturated heterocycles. The Morgan fingerprint density at radius 3 is 2.72 bits per heavy atom. The zero-order chi connectivity index (χ0) is 13.0. The molecule has 96 valence electrons. The minimum Gasteiger partial charge on any atom is -0.378 e. The van der Waals surface area contributed by atoms with Crippen LogP contribution in [0, 0.1) is 0 Å². The number of ether oxygens (including phenoxy) is 1. The molecule has 0 radical (unpaired) electrons. The lowest BCUT2D eigenvalue weighted by molar-refractivity contribution is 0.0678. The number of morpholine rings is 1. The van der Waals surface area contributed by atoms with Crippen LogP contribution in [0.2, 0.25) is 0 Å². The van der Waals surface area contributed by atoms with E-state index in [4.69, 9.17) is 4.74 Å². The monoisotopic (exact) mass is 309 g/mol. The van der Waals surface area contributed by atoms with Gasteiger partial charge in [0.25, 0.3) is 0 Å². The summed E-state index contributed by atoms with van der Waals surface area (Å²) in [5, 5.41) is 0. The van der Waals surface area contributed by atoms with E-state index in [1.54, 1.807) is 0 Å². The van der Waals surface area contributed by atoms with E-state index in [1.165, 1.54) is 0 Å². The van der Waals surface area contributed by atoms with Crippen LogP contribution in [-0.2, 0) is 4.74 Å². The first-order chi connectivity index (χ1) is 8.70. The van der Waals surface area contributed by atoms with Gasteiger partial charge in [-0.1, -0.05) is 15.9 Å². The van der Waals surface area contributed by atoms with Crippen LogP contribution in [0.5, 0.6) is 0 Å². The van der Waals surface area contributed by atoms with Crippen LogP contribution in [-0.4, -0.2) is 43.8 Å². The fraction of sp³-hybridized carbons (Fsp3) is 0.385. The molecule has 1 fully saturated rings. The van der Waals surface area contributed by atoms with Crippen molar-refractivity contribution in [2.24, 2.45) is 9.98 Å². The summed E-state index contributed by atoms with van der Waals surface area (Å²) in [5.41, 5.74) is 1.63. The molecule has 1 aliphatic heterocycles. The lowest BCUT2D eigenvalue weighted by Gasteiger charge is -2.28. The van der Waals surface area contributed by atoms with Gasteiger partial charge < -0.3 is 9.64 Å². The Morgan fingerprint density at radius 1 is 1.33 bits per heavy atom. The summed E-state index contributed by atoms with van der Waals surface area (Å²) in [7, 11) is 0. The Kier molecular flexibility index (Phi) is 4.49. The molecule has 0 aromatic heterocycles. The molecule has 0 saturated carbocycles. The molecule has 4 nitrogen and oxygen atoms in total. The molecule has 2 rings (SSSR count). The molecule has 0 N–H and O–H groups in total. The number of amidine groups is 1. The lowest BCUT2D eigenvalue weighted by atomic mass is 10.3. The third-order valence-electron chi connectivity index (χ3n) is 2.86. The van der Waals surface area contributed by atoms with Crippen LogP contribution in [0.25, 0.3) is 0 Å². The molecule has 1 aliphatic rings. The Morgan fingerprint density at radius 2 is 2.06 bits per heavy atom. The minimum absolute atomic E-state index is 0.762. The van der Waals surface area contributed by atoms with Crippen molar-refractivity contribution in [1.29, 1.82) is 0 Å². The summed E-state index contributed by atoms with van der Waals surface area (Å²) in [5.74, 6) is 0.987. The maximum Gasteiger partial charge on any atom is 0.102 e. The number of hydrogen-bond donors (Lipinski definition) is 0. The van der Waals surface area contributed by atoms with Crippen LogP contribution in [0.15, 0.2) is 32.7 Å². The minimum atomic E-state index is 0.762. The standard InChI is InChI=1S/C13H16BrN3O/c1-10(17-5-7-18-8-6-17)16-13-9-11(14)3-4-12(13)15-2/h3-4,9H,2,5-8H2,1H3. The average molecular weight is 310 g/mol. The molecule has 18 heavy (non-hydrogen) atoms. The van der Waals surface area contributed by atoms with Gasteiger partial charge in [0.15, 0.2) is 0 Å². The molecule has 0 spiro atoms. The SMILES string of the molecule is C=Nc1ccc(Br)cc1N=C(C)N1CCOCC1. The van der Waals surface area contributed by atoms with Crippen molar-refractivity contribution in [3.05, 3.63) is 22.7 Å². The summed E-state index contributed by atoms with van der Waals surface area (Å²) in [4.78, 5) is 10.8. The van der Waals surface area contributed by atoms with E-state index in [0.29, 0.717) is 0 Å². The van der Waals surface area contributed by atoms with Crippen LogP contribution in [0.1, 0.15) is 6.92 Å². The number of rotatable bonds is 2. The van der Waals surface area contributed by atoms with Gasteiger partial charge in [-0.25, -0.2) is 4.99 Å². The number of hydrogen-bond acceptors (Lipinski definition) is 3. The third kappa shape index (κ3) is 3.17. The molecule has 0 amide bonds. The zero-order valence-corrected chi connectivity index (χ0v) is 12.0. The molecule has 5 heteroatoms. The van der Waals surface area contributed by atoms with Gasteiger partial charge in [0.1, 0.15) is 5.84 Å². The van der Waals surface area contributed by atoms with E-state index in [-0.39, 0.29) is 0 Å². The molecule has 0 aliphatic carbocycles. The third-order valence-corrected chi connectivity index (χ3v) is 3.35. The van der Waals surface area contributed by atoms with E-state index in [0.717, 1.165) is 48.0 Å². The van der Waals surface area contributed by atoms with Gasteiger partial charge in [-0.2, -0.15) is 0 Å². The maximum absolute atomic E-state index is 5.33. The van der Waals surface area contributed by atoms with Crippen LogP contribution >= 0.6 is 15.9 Å². The zero-order valence-electron chi connectivity index (χ0n) is 10.4. The van der Waals surface area contributed by atoms with Crippen molar-refractivity contribution < 1.29 is 4.74 Å². The smallest absolute Gasteiger partial charge is 0.102 e. The van der Waals surface area contributed by atoms with Crippen molar-refractivity contribution >= 4 is 39.9 Å². The molecular weight excluding hydrogens is 294 g/mol. The van der Waals surface area contributed by atoms with Gasteiger partial charge in [0, 0.05) is 17.6 Å². The first-order valence-electron chi connectivity index (χ1n) is 5.85. The quantitative estimate of drug-likeness (QED) is 0.621. The highest BCUT2D eigenvalue weighted by Gasteiger charge is 2.12. The van der Waals surface area contributed by atoms with E-state index >= 15 is 0 Å². The molecule has 1 aromatic rings. The Bertz CT molecular complexity index is 467. The van der Waals surface area contributed by atoms with Gasteiger partial charge in [0.2, 0.25) is 0 Å². The van der Waals surface area contributed by atoms with Gasteiger partial charge in [-0.3, -0.25) is 4.99 Å².